The van der Waals surface area contributed by atoms with Crippen LogP contribution in [0, 0.1) is 0 Å². The minimum Gasteiger partial charge on any atom is -0.387 e. The highest BCUT2D eigenvalue weighted by Crippen LogP contribution is 2.29. The Balaban J connectivity index is 0.00000112. The fourth-order valence-electron chi connectivity index (χ4n) is 1.99. The molecule has 0 spiro atoms. The summed E-state index contributed by atoms with van der Waals surface area (Å²) in [6, 6.07) is 5.52. The van der Waals surface area contributed by atoms with Gasteiger partial charge in [-0.2, -0.15) is 0 Å². The zero-order valence-corrected chi connectivity index (χ0v) is 9.89. The minimum absolute atomic E-state index is 0. The predicted octanol–water partition coefficient (Wildman–Crippen LogP) is 2.46. The molecule has 0 aliphatic heterocycles. The number of hydrogen-bond donors (Lipinski definition) is 2. The Kier molecular flexibility index (Phi) is 4.41. The van der Waals surface area contributed by atoms with Gasteiger partial charge >= 0.3 is 0 Å². The van der Waals surface area contributed by atoms with E-state index < -0.39 is 6.10 Å². The molecule has 2 rings (SSSR count). The largest absolute Gasteiger partial charge is 0.387 e. The van der Waals surface area contributed by atoms with Gasteiger partial charge in [-0.3, -0.25) is 0 Å². The monoisotopic (exact) mass is 247 g/mol. The maximum Gasteiger partial charge on any atom is 0.0944 e. The van der Waals surface area contributed by atoms with Crippen molar-refractivity contribution in [2.24, 2.45) is 5.73 Å². The van der Waals surface area contributed by atoms with Gasteiger partial charge < -0.3 is 10.8 Å². The molecule has 15 heavy (non-hydrogen) atoms. The molecule has 0 fully saturated rings. The lowest BCUT2D eigenvalue weighted by atomic mass is 9.99. The first-order valence-corrected chi connectivity index (χ1v) is 5.28. The lowest BCUT2D eigenvalue weighted by Gasteiger charge is -2.17. The first-order valence-electron chi connectivity index (χ1n) is 4.90. The first-order chi connectivity index (χ1) is 6.68. The fourth-order valence-corrected chi connectivity index (χ4v) is 2.17. The quantitative estimate of drug-likeness (QED) is 0.693. The molecular weight excluding hydrogens is 233 g/mol. The molecule has 0 aromatic heterocycles. The highest BCUT2D eigenvalue weighted by atomic mass is 35.5. The van der Waals surface area contributed by atoms with E-state index in [4.69, 9.17) is 17.3 Å². The molecule has 0 amide bonds. The molecule has 1 aromatic carbocycles. The summed E-state index contributed by atoms with van der Waals surface area (Å²) in [5, 5.41) is 10.6. The van der Waals surface area contributed by atoms with Crippen molar-refractivity contribution in [2.45, 2.75) is 31.4 Å². The average molecular weight is 248 g/mol. The number of benzene rings is 1. The zero-order valence-electron chi connectivity index (χ0n) is 8.32. The van der Waals surface area contributed by atoms with Crippen molar-refractivity contribution < 1.29 is 5.11 Å². The van der Waals surface area contributed by atoms with Crippen LogP contribution in [0.5, 0.6) is 0 Å². The Bertz CT molecular complexity index is 343. The van der Waals surface area contributed by atoms with Crippen LogP contribution in [0.2, 0.25) is 5.02 Å². The third-order valence-electron chi connectivity index (χ3n) is 2.82. The zero-order chi connectivity index (χ0) is 10.1. The van der Waals surface area contributed by atoms with Gasteiger partial charge in [0.2, 0.25) is 0 Å². The number of aliphatic hydroxyl groups excluding tert-OH is 1. The van der Waals surface area contributed by atoms with E-state index in [-0.39, 0.29) is 18.4 Å². The molecule has 84 valence electrons. The molecule has 4 heteroatoms. The van der Waals surface area contributed by atoms with E-state index in [1.54, 1.807) is 0 Å². The van der Waals surface area contributed by atoms with E-state index in [1.807, 2.05) is 18.2 Å². The van der Waals surface area contributed by atoms with Gasteiger partial charge in [0.25, 0.3) is 0 Å². The van der Waals surface area contributed by atoms with Crippen molar-refractivity contribution in [3.05, 3.63) is 34.3 Å². The maximum atomic E-state index is 9.95. The van der Waals surface area contributed by atoms with E-state index in [2.05, 4.69) is 0 Å². The average Bonchev–Trinajstić information content (AvgIpc) is 2.30. The van der Waals surface area contributed by atoms with Gasteiger partial charge in [-0.15, -0.1) is 12.4 Å². The van der Waals surface area contributed by atoms with Crippen LogP contribution >= 0.6 is 24.0 Å². The topological polar surface area (TPSA) is 46.2 Å². The predicted molar refractivity (Wildman–Crippen MR) is 64.6 cm³/mol. The molecule has 0 saturated heterocycles. The number of aryl methyl sites for hydroxylation is 1. The second-order valence-corrected chi connectivity index (χ2v) is 4.28. The van der Waals surface area contributed by atoms with Crippen molar-refractivity contribution in [2.75, 3.05) is 0 Å². The van der Waals surface area contributed by atoms with Gasteiger partial charge in [0.15, 0.2) is 0 Å². The maximum absolute atomic E-state index is 9.95. The summed E-state index contributed by atoms with van der Waals surface area (Å²) in [7, 11) is 0. The van der Waals surface area contributed by atoms with Gasteiger partial charge in [-0.1, -0.05) is 17.7 Å². The molecule has 0 bridgehead atoms. The molecule has 2 atom stereocenters. The molecule has 0 heterocycles. The molecule has 1 aliphatic carbocycles. The Morgan fingerprint density at radius 3 is 2.87 bits per heavy atom. The van der Waals surface area contributed by atoms with E-state index in [0.29, 0.717) is 5.02 Å². The molecule has 2 unspecified atom stereocenters. The third-order valence-corrected chi connectivity index (χ3v) is 3.05. The molecule has 1 aromatic rings. The molecule has 1 aliphatic rings. The van der Waals surface area contributed by atoms with Crippen LogP contribution < -0.4 is 5.73 Å². The van der Waals surface area contributed by atoms with Crippen molar-refractivity contribution in [3.8, 4) is 0 Å². The van der Waals surface area contributed by atoms with Crippen molar-refractivity contribution in [3.63, 3.8) is 0 Å². The molecular formula is C11H15Cl2NO. The second-order valence-electron chi connectivity index (χ2n) is 3.84. The Hall–Kier alpha value is -0.280. The number of aliphatic hydroxyl groups is 1. The Morgan fingerprint density at radius 1 is 1.40 bits per heavy atom. The van der Waals surface area contributed by atoms with Crippen LogP contribution in [0.3, 0.4) is 0 Å². The van der Waals surface area contributed by atoms with Crippen LogP contribution in [0.15, 0.2) is 18.2 Å². The molecule has 0 radical (unpaired) electrons. The number of nitrogens with two attached hydrogens (primary N) is 1. The Labute approximate surface area is 101 Å². The van der Waals surface area contributed by atoms with E-state index in [1.165, 1.54) is 5.56 Å². The van der Waals surface area contributed by atoms with E-state index >= 15 is 0 Å². The molecule has 2 nitrogen and oxygen atoms in total. The van der Waals surface area contributed by atoms with Crippen LogP contribution in [0.1, 0.15) is 30.1 Å². The minimum atomic E-state index is -0.564. The summed E-state index contributed by atoms with van der Waals surface area (Å²) in [6.45, 7) is 0. The van der Waals surface area contributed by atoms with E-state index in [0.717, 1.165) is 24.8 Å². The SMILES string of the molecule is Cl.NC1CCCc2ccc(Cl)cc2C1O. The van der Waals surface area contributed by atoms with Gasteiger partial charge in [0.05, 0.1) is 6.10 Å². The normalized spacial score (nSPS) is 25.0. The standard InChI is InChI=1S/C11H14ClNO.ClH/c12-8-5-4-7-2-1-3-10(13)11(14)9(7)6-8;/h4-6,10-11,14H,1-3,13H2;1H. The summed E-state index contributed by atoms with van der Waals surface area (Å²) >= 11 is 5.89. The summed E-state index contributed by atoms with van der Waals surface area (Å²) in [5.74, 6) is 0. The van der Waals surface area contributed by atoms with Gasteiger partial charge in [0.1, 0.15) is 0 Å². The summed E-state index contributed by atoms with van der Waals surface area (Å²) in [5.41, 5.74) is 7.93. The molecule has 3 N–H and O–H groups in total. The highest BCUT2D eigenvalue weighted by molar-refractivity contribution is 6.30. The number of fused-ring (bicyclic) bond motifs is 1. The van der Waals surface area contributed by atoms with Crippen molar-refractivity contribution in [1.29, 1.82) is 0 Å². The van der Waals surface area contributed by atoms with Crippen LogP contribution in [0.25, 0.3) is 0 Å². The summed E-state index contributed by atoms with van der Waals surface area (Å²) in [4.78, 5) is 0. The summed E-state index contributed by atoms with van der Waals surface area (Å²) < 4.78 is 0. The van der Waals surface area contributed by atoms with Crippen molar-refractivity contribution in [1.82, 2.24) is 0 Å². The van der Waals surface area contributed by atoms with Crippen LogP contribution in [0.4, 0.5) is 0 Å². The fraction of sp³-hybridized carbons (Fsp3) is 0.455. The second kappa shape index (κ2) is 5.17. The number of halogens is 2. The van der Waals surface area contributed by atoms with Gasteiger partial charge in [0, 0.05) is 11.1 Å². The Morgan fingerprint density at radius 2 is 2.13 bits per heavy atom. The first kappa shape index (κ1) is 12.8. The smallest absolute Gasteiger partial charge is 0.0944 e. The third kappa shape index (κ3) is 2.64. The highest BCUT2D eigenvalue weighted by Gasteiger charge is 2.22. The number of hydrogen-bond acceptors (Lipinski definition) is 2. The number of rotatable bonds is 0. The lowest BCUT2D eigenvalue weighted by molar-refractivity contribution is 0.144. The summed E-state index contributed by atoms with van der Waals surface area (Å²) in [6.07, 6.45) is 2.32. The van der Waals surface area contributed by atoms with Crippen LogP contribution in [-0.2, 0) is 6.42 Å². The van der Waals surface area contributed by atoms with Crippen LogP contribution in [-0.4, -0.2) is 11.1 Å². The lowest BCUT2D eigenvalue weighted by Crippen LogP contribution is -2.27. The van der Waals surface area contributed by atoms with Crippen molar-refractivity contribution >= 4 is 24.0 Å². The van der Waals surface area contributed by atoms with Gasteiger partial charge in [-0.25, -0.2) is 0 Å². The van der Waals surface area contributed by atoms with Gasteiger partial charge in [-0.05, 0) is 42.5 Å². The molecule has 0 saturated carbocycles. The van der Waals surface area contributed by atoms with E-state index in [9.17, 15) is 5.11 Å².